The van der Waals surface area contributed by atoms with Crippen molar-refractivity contribution >= 4 is 10.4 Å². The van der Waals surface area contributed by atoms with Crippen LogP contribution in [0.1, 0.15) is 25.7 Å². The van der Waals surface area contributed by atoms with Crippen molar-refractivity contribution in [2.75, 3.05) is 20.3 Å². The fourth-order valence-corrected chi connectivity index (χ4v) is 2.13. The van der Waals surface area contributed by atoms with E-state index in [0.29, 0.717) is 13.2 Å². The van der Waals surface area contributed by atoms with Crippen LogP contribution < -0.4 is 4.18 Å². The van der Waals surface area contributed by atoms with Crippen LogP contribution in [-0.4, -0.2) is 28.7 Å². The Morgan fingerprint density at radius 3 is 2.20 bits per heavy atom. The molecule has 0 bridgehead atoms. The van der Waals surface area contributed by atoms with Crippen LogP contribution in [0, 0.1) is 5.41 Å². The minimum atomic E-state index is -3.99. The maximum atomic E-state index is 11.1. The molecule has 0 aromatic heterocycles. The summed E-state index contributed by atoms with van der Waals surface area (Å²) >= 11 is 0. The monoisotopic (exact) mass is 302 g/mol. The van der Waals surface area contributed by atoms with Gasteiger partial charge in [0.15, 0.2) is 6.29 Å². The lowest BCUT2D eigenvalue weighted by molar-refractivity contribution is -0.226. The SMILES string of the molecule is COS(=O)(=O)Oc1ccc(C2OCC(C)(C)CO2)cc1. The van der Waals surface area contributed by atoms with E-state index in [4.69, 9.17) is 13.7 Å². The van der Waals surface area contributed by atoms with Gasteiger partial charge < -0.3 is 13.7 Å². The van der Waals surface area contributed by atoms with E-state index in [1.54, 1.807) is 12.1 Å². The first-order valence-corrected chi connectivity index (χ1v) is 7.48. The van der Waals surface area contributed by atoms with Crippen LogP contribution in [0.25, 0.3) is 0 Å². The van der Waals surface area contributed by atoms with Gasteiger partial charge in [0.1, 0.15) is 5.75 Å². The van der Waals surface area contributed by atoms with Crippen molar-refractivity contribution in [3.8, 4) is 5.75 Å². The zero-order valence-electron chi connectivity index (χ0n) is 11.7. The van der Waals surface area contributed by atoms with Gasteiger partial charge in [0.2, 0.25) is 0 Å². The Kier molecular flexibility index (Phi) is 4.33. The molecule has 2 rings (SSSR count). The summed E-state index contributed by atoms with van der Waals surface area (Å²) in [5, 5.41) is 0. The second-order valence-corrected chi connectivity index (χ2v) is 6.66. The van der Waals surface area contributed by atoms with E-state index in [1.165, 1.54) is 12.1 Å². The molecule has 0 saturated carbocycles. The third kappa shape index (κ3) is 3.92. The Morgan fingerprint density at radius 1 is 1.15 bits per heavy atom. The molecule has 1 aromatic rings. The summed E-state index contributed by atoms with van der Waals surface area (Å²) in [7, 11) is -2.95. The second kappa shape index (κ2) is 5.69. The molecule has 1 aliphatic heterocycles. The van der Waals surface area contributed by atoms with Crippen LogP contribution in [0.15, 0.2) is 24.3 Å². The lowest BCUT2D eigenvalue weighted by Gasteiger charge is -2.34. The highest BCUT2D eigenvalue weighted by atomic mass is 32.3. The Labute approximate surface area is 118 Å². The van der Waals surface area contributed by atoms with Crippen LogP contribution in [-0.2, 0) is 24.1 Å². The number of rotatable bonds is 4. The number of benzene rings is 1. The van der Waals surface area contributed by atoms with Crippen molar-refractivity contribution in [1.82, 2.24) is 0 Å². The van der Waals surface area contributed by atoms with Gasteiger partial charge in [-0.3, -0.25) is 0 Å². The van der Waals surface area contributed by atoms with Crippen LogP contribution in [0.2, 0.25) is 0 Å². The Morgan fingerprint density at radius 2 is 1.70 bits per heavy atom. The van der Waals surface area contributed by atoms with Crippen LogP contribution in [0.4, 0.5) is 0 Å². The lowest BCUT2D eigenvalue weighted by Crippen LogP contribution is -2.33. The van der Waals surface area contributed by atoms with E-state index >= 15 is 0 Å². The first-order chi connectivity index (χ1) is 9.31. The van der Waals surface area contributed by atoms with Gasteiger partial charge in [0.05, 0.1) is 20.3 Å². The highest BCUT2D eigenvalue weighted by molar-refractivity contribution is 7.82. The summed E-state index contributed by atoms with van der Waals surface area (Å²) in [4.78, 5) is 0. The lowest BCUT2D eigenvalue weighted by atomic mass is 9.95. The zero-order valence-corrected chi connectivity index (χ0v) is 12.5. The van der Waals surface area contributed by atoms with E-state index in [9.17, 15) is 8.42 Å². The molecule has 0 atom stereocenters. The molecule has 1 aliphatic rings. The summed E-state index contributed by atoms with van der Waals surface area (Å²) < 4.78 is 42.4. The molecular formula is C13H18O6S. The zero-order chi connectivity index (χ0) is 14.8. The molecule has 0 unspecified atom stereocenters. The van der Waals surface area contributed by atoms with E-state index in [-0.39, 0.29) is 11.2 Å². The molecule has 0 N–H and O–H groups in total. The van der Waals surface area contributed by atoms with Crippen LogP contribution in [0.3, 0.4) is 0 Å². The maximum absolute atomic E-state index is 11.1. The molecule has 0 spiro atoms. The first kappa shape index (κ1) is 15.2. The number of hydrogen-bond acceptors (Lipinski definition) is 6. The van der Waals surface area contributed by atoms with Crippen molar-refractivity contribution in [2.24, 2.45) is 5.41 Å². The van der Waals surface area contributed by atoms with Crippen molar-refractivity contribution in [3.05, 3.63) is 29.8 Å². The van der Waals surface area contributed by atoms with Crippen molar-refractivity contribution in [3.63, 3.8) is 0 Å². The fourth-order valence-electron chi connectivity index (χ4n) is 1.72. The highest BCUT2D eigenvalue weighted by Crippen LogP contribution is 2.31. The van der Waals surface area contributed by atoms with Gasteiger partial charge in [0, 0.05) is 11.0 Å². The van der Waals surface area contributed by atoms with E-state index in [0.717, 1.165) is 12.7 Å². The molecule has 1 fully saturated rings. The van der Waals surface area contributed by atoms with Crippen molar-refractivity contribution < 1.29 is 26.3 Å². The summed E-state index contributed by atoms with van der Waals surface area (Å²) in [6.45, 7) is 5.34. The molecule has 0 amide bonds. The average Bonchev–Trinajstić information content (AvgIpc) is 2.40. The Bertz CT molecular complexity index is 539. The van der Waals surface area contributed by atoms with E-state index < -0.39 is 16.7 Å². The average molecular weight is 302 g/mol. The molecule has 1 aromatic carbocycles. The number of ether oxygens (including phenoxy) is 2. The smallest absolute Gasteiger partial charge is 0.362 e. The Hall–Kier alpha value is -1.15. The van der Waals surface area contributed by atoms with Crippen molar-refractivity contribution in [1.29, 1.82) is 0 Å². The number of hydrogen-bond donors (Lipinski definition) is 0. The summed E-state index contributed by atoms with van der Waals surface area (Å²) in [5.74, 6) is 0.173. The van der Waals surface area contributed by atoms with Crippen molar-refractivity contribution in [2.45, 2.75) is 20.1 Å². The Balaban J connectivity index is 2.02. The highest BCUT2D eigenvalue weighted by Gasteiger charge is 2.29. The molecule has 112 valence electrons. The third-order valence-electron chi connectivity index (χ3n) is 2.81. The maximum Gasteiger partial charge on any atom is 0.448 e. The first-order valence-electron chi connectivity index (χ1n) is 6.14. The standard InChI is InChI=1S/C13H18O6S/c1-13(2)8-17-12(18-9-13)10-4-6-11(7-5-10)19-20(14,15)16-3/h4-7,12H,8-9H2,1-3H3. The van der Waals surface area contributed by atoms with Crippen LogP contribution >= 0.6 is 0 Å². The molecule has 1 heterocycles. The van der Waals surface area contributed by atoms with Gasteiger partial charge in [-0.2, -0.15) is 8.42 Å². The second-order valence-electron chi connectivity index (χ2n) is 5.35. The summed E-state index contributed by atoms with van der Waals surface area (Å²) in [5.41, 5.74) is 0.814. The van der Waals surface area contributed by atoms with E-state index in [2.05, 4.69) is 18.0 Å². The van der Waals surface area contributed by atoms with Gasteiger partial charge in [-0.25, -0.2) is 4.18 Å². The fraction of sp³-hybridized carbons (Fsp3) is 0.538. The molecule has 20 heavy (non-hydrogen) atoms. The largest absolute Gasteiger partial charge is 0.448 e. The molecular weight excluding hydrogens is 284 g/mol. The minimum absolute atomic E-state index is 0.00605. The molecule has 0 radical (unpaired) electrons. The van der Waals surface area contributed by atoms with Gasteiger partial charge in [-0.15, -0.1) is 0 Å². The predicted octanol–water partition coefficient (Wildman–Crippen LogP) is 2.03. The van der Waals surface area contributed by atoms with Gasteiger partial charge in [-0.05, 0) is 12.1 Å². The van der Waals surface area contributed by atoms with Gasteiger partial charge in [-0.1, -0.05) is 26.0 Å². The quantitative estimate of drug-likeness (QED) is 0.847. The topological polar surface area (TPSA) is 71.1 Å². The van der Waals surface area contributed by atoms with E-state index in [1.807, 2.05) is 0 Å². The predicted molar refractivity (Wildman–Crippen MR) is 71.4 cm³/mol. The minimum Gasteiger partial charge on any atom is -0.362 e. The summed E-state index contributed by atoms with van der Waals surface area (Å²) in [6.07, 6.45) is -0.434. The molecule has 0 aliphatic carbocycles. The molecule has 1 saturated heterocycles. The normalized spacial score (nSPS) is 19.8. The van der Waals surface area contributed by atoms with Gasteiger partial charge in [0.25, 0.3) is 0 Å². The van der Waals surface area contributed by atoms with Gasteiger partial charge >= 0.3 is 10.4 Å². The summed E-state index contributed by atoms with van der Waals surface area (Å²) in [6, 6.07) is 6.45. The molecule has 7 heteroatoms. The van der Waals surface area contributed by atoms with Crippen LogP contribution in [0.5, 0.6) is 5.75 Å². The third-order valence-corrected chi connectivity index (χ3v) is 3.61. The molecule has 6 nitrogen and oxygen atoms in total.